The van der Waals surface area contributed by atoms with Gasteiger partial charge in [0.1, 0.15) is 5.52 Å². The lowest BCUT2D eigenvalue weighted by molar-refractivity contribution is 0.100. The molecule has 6 nitrogen and oxygen atoms in total. The molecule has 1 heterocycles. The molecule has 0 fully saturated rings. The summed E-state index contributed by atoms with van der Waals surface area (Å²) < 4.78 is 1.26. The second-order valence-electron chi connectivity index (χ2n) is 3.31. The Balaban J connectivity index is 2.75. The number of primary amides is 1. The molecular weight excluding hydrogens is 208 g/mol. The number of carbonyl (C=O) groups excluding carboxylic acids is 1. The minimum Gasteiger partial charge on any atom is -0.366 e. The van der Waals surface area contributed by atoms with Crippen molar-refractivity contribution in [3.63, 3.8) is 0 Å². The second kappa shape index (κ2) is 3.73. The van der Waals surface area contributed by atoms with Crippen molar-refractivity contribution in [2.75, 3.05) is 0 Å². The predicted molar refractivity (Wildman–Crippen MR) is 58.0 cm³/mol. The highest BCUT2D eigenvalue weighted by atomic mass is 16.1. The van der Waals surface area contributed by atoms with Gasteiger partial charge in [0.25, 0.3) is 5.56 Å². The molecule has 2 N–H and O–H groups in total. The van der Waals surface area contributed by atoms with Gasteiger partial charge in [-0.3, -0.25) is 9.59 Å². The first kappa shape index (κ1) is 10.3. The number of aryl methyl sites for hydroxylation is 1. The molecular formula is C10H10N4O2. The standard InChI is InChI=1S/C10H10N4O2/c1-2-14-10(16)7-4-3-6(9(11)15)5-8(7)12-13-14/h3-5H,2H2,1H3,(H2,11,15). The molecule has 0 unspecified atom stereocenters. The third-order valence-electron chi connectivity index (χ3n) is 2.31. The van der Waals surface area contributed by atoms with E-state index in [4.69, 9.17) is 5.73 Å². The van der Waals surface area contributed by atoms with Crippen LogP contribution in [0, 0.1) is 0 Å². The van der Waals surface area contributed by atoms with Crippen LogP contribution in [0.5, 0.6) is 0 Å². The molecule has 1 amide bonds. The van der Waals surface area contributed by atoms with Crippen molar-refractivity contribution < 1.29 is 4.79 Å². The van der Waals surface area contributed by atoms with Gasteiger partial charge in [-0.1, -0.05) is 5.21 Å². The highest BCUT2D eigenvalue weighted by Crippen LogP contribution is 2.08. The third kappa shape index (κ3) is 1.54. The monoisotopic (exact) mass is 218 g/mol. The number of nitrogens with two attached hydrogens (primary N) is 1. The minimum absolute atomic E-state index is 0.219. The Hall–Kier alpha value is -2.24. The molecule has 2 aromatic rings. The zero-order chi connectivity index (χ0) is 11.7. The molecule has 0 bridgehead atoms. The summed E-state index contributed by atoms with van der Waals surface area (Å²) in [6.07, 6.45) is 0. The van der Waals surface area contributed by atoms with Gasteiger partial charge in [0, 0.05) is 12.1 Å². The van der Waals surface area contributed by atoms with Crippen LogP contribution in [0.4, 0.5) is 0 Å². The van der Waals surface area contributed by atoms with Crippen molar-refractivity contribution in [2.45, 2.75) is 13.5 Å². The van der Waals surface area contributed by atoms with Gasteiger partial charge >= 0.3 is 0 Å². The van der Waals surface area contributed by atoms with Crippen LogP contribution < -0.4 is 11.3 Å². The fourth-order valence-electron chi connectivity index (χ4n) is 1.44. The Labute approximate surface area is 90.7 Å². The van der Waals surface area contributed by atoms with Gasteiger partial charge in [-0.05, 0) is 25.1 Å². The summed E-state index contributed by atoms with van der Waals surface area (Å²) in [5, 5.41) is 8.02. The van der Waals surface area contributed by atoms with Gasteiger partial charge in [-0.15, -0.1) is 5.10 Å². The van der Waals surface area contributed by atoms with Gasteiger partial charge in [-0.2, -0.15) is 0 Å². The number of hydrogen-bond acceptors (Lipinski definition) is 4. The topological polar surface area (TPSA) is 90.9 Å². The Morgan fingerprint density at radius 3 is 2.88 bits per heavy atom. The van der Waals surface area contributed by atoms with Crippen molar-refractivity contribution >= 4 is 16.8 Å². The quantitative estimate of drug-likeness (QED) is 0.762. The summed E-state index contributed by atoms with van der Waals surface area (Å²) in [7, 11) is 0. The maximum atomic E-state index is 11.8. The molecule has 1 aromatic carbocycles. The fourth-order valence-corrected chi connectivity index (χ4v) is 1.44. The molecule has 1 aromatic heterocycles. The zero-order valence-electron chi connectivity index (χ0n) is 8.67. The van der Waals surface area contributed by atoms with Crippen molar-refractivity contribution in [1.29, 1.82) is 0 Å². The van der Waals surface area contributed by atoms with Crippen LogP contribution >= 0.6 is 0 Å². The highest BCUT2D eigenvalue weighted by Gasteiger charge is 2.07. The molecule has 0 spiro atoms. The van der Waals surface area contributed by atoms with Gasteiger partial charge < -0.3 is 5.73 Å². The van der Waals surface area contributed by atoms with E-state index in [1.165, 1.54) is 16.8 Å². The first-order valence-electron chi connectivity index (χ1n) is 4.81. The molecule has 0 saturated heterocycles. The van der Waals surface area contributed by atoms with Crippen LogP contribution in [0.3, 0.4) is 0 Å². The summed E-state index contributed by atoms with van der Waals surface area (Å²) in [6.45, 7) is 2.26. The van der Waals surface area contributed by atoms with Crippen LogP contribution in [0.1, 0.15) is 17.3 Å². The van der Waals surface area contributed by atoms with E-state index in [-0.39, 0.29) is 5.56 Å². The second-order valence-corrected chi connectivity index (χ2v) is 3.31. The van der Waals surface area contributed by atoms with Crippen molar-refractivity contribution in [2.24, 2.45) is 5.73 Å². The average Bonchev–Trinajstić information content (AvgIpc) is 2.29. The number of benzene rings is 1. The van der Waals surface area contributed by atoms with Crippen molar-refractivity contribution in [3.05, 3.63) is 34.1 Å². The first-order valence-corrected chi connectivity index (χ1v) is 4.81. The Morgan fingerprint density at radius 2 is 2.25 bits per heavy atom. The van der Waals surface area contributed by atoms with E-state index in [1.807, 2.05) is 0 Å². The maximum absolute atomic E-state index is 11.8. The molecule has 0 atom stereocenters. The van der Waals surface area contributed by atoms with E-state index in [0.717, 1.165) is 0 Å². The number of amides is 1. The van der Waals surface area contributed by atoms with Crippen LogP contribution in [0.25, 0.3) is 10.9 Å². The summed E-state index contributed by atoms with van der Waals surface area (Å²) in [4.78, 5) is 22.7. The number of aromatic nitrogens is 3. The first-order chi connectivity index (χ1) is 7.63. The van der Waals surface area contributed by atoms with Gasteiger partial charge in [0.15, 0.2) is 0 Å². The van der Waals surface area contributed by atoms with Crippen molar-refractivity contribution in [1.82, 2.24) is 15.0 Å². The van der Waals surface area contributed by atoms with Gasteiger partial charge in [-0.25, -0.2) is 4.68 Å². The Bertz CT molecular complexity index is 618. The molecule has 16 heavy (non-hydrogen) atoms. The SMILES string of the molecule is CCn1nnc2cc(C(N)=O)ccc2c1=O. The molecule has 82 valence electrons. The van der Waals surface area contributed by atoms with Gasteiger partial charge in [0.05, 0.1) is 5.39 Å². The summed E-state index contributed by atoms with van der Waals surface area (Å²) in [5.41, 5.74) is 5.61. The molecule has 0 aliphatic rings. The van der Waals surface area contributed by atoms with E-state index >= 15 is 0 Å². The van der Waals surface area contributed by atoms with Crippen LogP contribution in [-0.4, -0.2) is 20.9 Å². The van der Waals surface area contributed by atoms with E-state index < -0.39 is 5.91 Å². The van der Waals surface area contributed by atoms with E-state index in [0.29, 0.717) is 23.0 Å². The van der Waals surface area contributed by atoms with E-state index in [1.54, 1.807) is 13.0 Å². The zero-order valence-corrected chi connectivity index (χ0v) is 8.67. The van der Waals surface area contributed by atoms with Crippen LogP contribution in [0.2, 0.25) is 0 Å². The lowest BCUT2D eigenvalue weighted by Gasteiger charge is -2.02. The lowest BCUT2D eigenvalue weighted by Crippen LogP contribution is -2.23. The van der Waals surface area contributed by atoms with E-state index in [9.17, 15) is 9.59 Å². The maximum Gasteiger partial charge on any atom is 0.277 e. The molecule has 6 heteroatoms. The number of fused-ring (bicyclic) bond motifs is 1. The van der Waals surface area contributed by atoms with Crippen LogP contribution in [-0.2, 0) is 6.54 Å². The third-order valence-corrected chi connectivity index (χ3v) is 2.31. The molecule has 0 radical (unpaired) electrons. The average molecular weight is 218 g/mol. The molecule has 2 rings (SSSR count). The summed E-state index contributed by atoms with van der Waals surface area (Å²) in [6, 6.07) is 4.51. The summed E-state index contributed by atoms with van der Waals surface area (Å²) >= 11 is 0. The molecule has 0 aliphatic heterocycles. The fraction of sp³-hybridized carbons (Fsp3) is 0.200. The largest absolute Gasteiger partial charge is 0.366 e. The molecule has 0 aliphatic carbocycles. The Kier molecular flexibility index (Phi) is 2.40. The van der Waals surface area contributed by atoms with Gasteiger partial charge in [0.2, 0.25) is 5.91 Å². The number of nitrogens with zero attached hydrogens (tertiary/aromatic N) is 3. The smallest absolute Gasteiger partial charge is 0.277 e. The van der Waals surface area contributed by atoms with Crippen LogP contribution in [0.15, 0.2) is 23.0 Å². The highest BCUT2D eigenvalue weighted by molar-refractivity contribution is 5.96. The Morgan fingerprint density at radius 1 is 1.50 bits per heavy atom. The lowest BCUT2D eigenvalue weighted by atomic mass is 10.1. The number of carbonyl (C=O) groups is 1. The van der Waals surface area contributed by atoms with E-state index in [2.05, 4.69) is 10.3 Å². The molecule has 0 saturated carbocycles. The normalized spacial score (nSPS) is 10.6. The predicted octanol–water partition coefficient (Wildman–Crippen LogP) is -0.0897. The summed E-state index contributed by atoms with van der Waals surface area (Å²) in [5.74, 6) is -0.552. The number of rotatable bonds is 2. The minimum atomic E-state index is -0.552. The van der Waals surface area contributed by atoms with Crippen molar-refractivity contribution in [3.8, 4) is 0 Å². The number of hydrogen-bond donors (Lipinski definition) is 1.